The highest BCUT2D eigenvalue weighted by Gasteiger charge is 2.07. The second-order valence-corrected chi connectivity index (χ2v) is 3.89. The summed E-state index contributed by atoms with van der Waals surface area (Å²) in [6, 6.07) is 7.35. The van der Waals surface area contributed by atoms with Crippen molar-refractivity contribution in [2.24, 2.45) is 0 Å². The summed E-state index contributed by atoms with van der Waals surface area (Å²) >= 11 is 0. The minimum atomic E-state index is -0.313. The molecule has 0 unspecified atom stereocenters. The van der Waals surface area contributed by atoms with Crippen molar-refractivity contribution < 1.29 is 14.3 Å². The predicted molar refractivity (Wildman–Crippen MR) is 72.7 cm³/mol. The zero-order valence-electron chi connectivity index (χ0n) is 10.9. The van der Waals surface area contributed by atoms with Crippen LogP contribution >= 0.6 is 0 Å². The van der Waals surface area contributed by atoms with E-state index in [0.29, 0.717) is 13.1 Å². The lowest BCUT2D eigenvalue weighted by atomic mass is 10.2. The molecule has 0 aliphatic rings. The molecule has 0 aromatic heterocycles. The Morgan fingerprint density at radius 2 is 1.84 bits per heavy atom. The molecule has 2 N–H and O–H groups in total. The summed E-state index contributed by atoms with van der Waals surface area (Å²) in [5, 5.41) is 5.22. The van der Waals surface area contributed by atoms with E-state index < -0.39 is 0 Å². The summed E-state index contributed by atoms with van der Waals surface area (Å²) in [5.74, 6) is 0.142. The molecule has 0 aliphatic carbocycles. The summed E-state index contributed by atoms with van der Waals surface area (Å²) in [7, 11) is 1.60. The highest BCUT2D eigenvalue weighted by Crippen LogP contribution is 2.10. The molecule has 19 heavy (non-hydrogen) atoms. The Balaban J connectivity index is 2.32. The molecule has 5 nitrogen and oxygen atoms in total. The maximum absolute atomic E-state index is 11.5. The van der Waals surface area contributed by atoms with Crippen LogP contribution in [0.2, 0.25) is 0 Å². The van der Waals surface area contributed by atoms with Crippen LogP contribution in [0.5, 0.6) is 5.75 Å². The molecule has 0 fully saturated rings. The number of benzene rings is 1. The van der Waals surface area contributed by atoms with Gasteiger partial charge in [0, 0.05) is 13.1 Å². The molecule has 5 heteroatoms. The van der Waals surface area contributed by atoms with Gasteiger partial charge in [0.25, 0.3) is 0 Å². The molecule has 0 spiro atoms. The number of carbonyl (C=O) groups is 2. The number of hydrogen-bond acceptors (Lipinski definition) is 3. The lowest BCUT2D eigenvalue weighted by Gasteiger charge is -2.06. The lowest BCUT2D eigenvalue weighted by molar-refractivity contribution is -0.129. The molecular formula is C14H18N2O3. The Hall–Kier alpha value is -2.30. The minimum Gasteiger partial charge on any atom is -0.497 e. The van der Waals surface area contributed by atoms with E-state index in [0.717, 1.165) is 11.3 Å². The third-order valence-corrected chi connectivity index (χ3v) is 2.41. The maximum atomic E-state index is 11.5. The summed E-state index contributed by atoms with van der Waals surface area (Å²) in [6.07, 6.45) is 1.39. The quantitative estimate of drug-likeness (QED) is 0.569. The topological polar surface area (TPSA) is 67.4 Å². The van der Waals surface area contributed by atoms with Gasteiger partial charge in [-0.2, -0.15) is 0 Å². The van der Waals surface area contributed by atoms with Gasteiger partial charge in [-0.25, -0.2) is 0 Å². The molecule has 0 bridgehead atoms. The van der Waals surface area contributed by atoms with E-state index in [4.69, 9.17) is 4.74 Å². The first kappa shape index (κ1) is 14.8. The fraction of sp³-hybridized carbons (Fsp3) is 0.286. The van der Waals surface area contributed by atoms with Gasteiger partial charge in [0.05, 0.1) is 7.11 Å². The summed E-state index contributed by atoms with van der Waals surface area (Å²) in [5.41, 5.74) is 0.945. The van der Waals surface area contributed by atoms with Gasteiger partial charge in [-0.15, -0.1) is 6.58 Å². The number of ether oxygens (including phenoxy) is 1. The van der Waals surface area contributed by atoms with Crippen LogP contribution < -0.4 is 15.4 Å². The van der Waals surface area contributed by atoms with Gasteiger partial charge in [0.15, 0.2) is 0 Å². The van der Waals surface area contributed by atoms with E-state index in [-0.39, 0.29) is 18.2 Å². The van der Waals surface area contributed by atoms with Crippen molar-refractivity contribution in [2.45, 2.75) is 13.0 Å². The second kappa shape index (κ2) is 7.92. The zero-order valence-corrected chi connectivity index (χ0v) is 10.9. The van der Waals surface area contributed by atoms with Crippen LogP contribution in [0.15, 0.2) is 36.9 Å². The van der Waals surface area contributed by atoms with Gasteiger partial charge in [-0.05, 0) is 17.7 Å². The summed E-state index contributed by atoms with van der Waals surface area (Å²) in [6.45, 7) is 4.23. The van der Waals surface area contributed by atoms with Crippen molar-refractivity contribution in [3.63, 3.8) is 0 Å². The smallest absolute Gasteiger partial charge is 0.229 e. The van der Waals surface area contributed by atoms with Gasteiger partial charge in [-0.1, -0.05) is 18.2 Å². The minimum absolute atomic E-state index is 0.177. The Morgan fingerprint density at radius 1 is 1.21 bits per heavy atom. The maximum Gasteiger partial charge on any atom is 0.229 e. The van der Waals surface area contributed by atoms with Crippen LogP contribution in [0.1, 0.15) is 12.0 Å². The molecule has 1 aromatic rings. The van der Waals surface area contributed by atoms with E-state index in [9.17, 15) is 9.59 Å². The highest BCUT2D eigenvalue weighted by atomic mass is 16.5. The summed E-state index contributed by atoms with van der Waals surface area (Å²) in [4.78, 5) is 22.8. The van der Waals surface area contributed by atoms with Crippen LogP contribution in [0.4, 0.5) is 0 Å². The van der Waals surface area contributed by atoms with Gasteiger partial charge in [0.2, 0.25) is 11.8 Å². The largest absolute Gasteiger partial charge is 0.497 e. The molecule has 102 valence electrons. The number of hydrogen-bond donors (Lipinski definition) is 2. The second-order valence-electron chi connectivity index (χ2n) is 3.89. The fourth-order valence-electron chi connectivity index (χ4n) is 1.40. The molecule has 0 atom stereocenters. The average Bonchev–Trinajstić information content (AvgIpc) is 2.43. The third-order valence-electron chi connectivity index (χ3n) is 2.41. The van der Waals surface area contributed by atoms with Crippen molar-refractivity contribution in [1.82, 2.24) is 10.6 Å². The first-order valence-electron chi connectivity index (χ1n) is 5.93. The third kappa shape index (κ3) is 5.72. The van der Waals surface area contributed by atoms with Crippen LogP contribution in [-0.4, -0.2) is 25.5 Å². The first-order valence-corrected chi connectivity index (χ1v) is 5.93. The van der Waals surface area contributed by atoms with E-state index >= 15 is 0 Å². The normalized spacial score (nSPS) is 9.53. The fourth-order valence-corrected chi connectivity index (χ4v) is 1.40. The summed E-state index contributed by atoms with van der Waals surface area (Å²) < 4.78 is 5.04. The van der Waals surface area contributed by atoms with Crippen LogP contribution in [0.25, 0.3) is 0 Å². The van der Waals surface area contributed by atoms with Crippen molar-refractivity contribution in [3.8, 4) is 5.75 Å². The number of nitrogens with one attached hydrogen (secondary N) is 2. The van der Waals surface area contributed by atoms with E-state index in [1.807, 2.05) is 24.3 Å². The Bertz CT molecular complexity index is 441. The monoisotopic (exact) mass is 262 g/mol. The van der Waals surface area contributed by atoms with Crippen LogP contribution in [0.3, 0.4) is 0 Å². The number of methoxy groups -OCH3 is 1. The van der Waals surface area contributed by atoms with Crippen molar-refractivity contribution in [1.29, 1.82) is 0 Å². The first-order chi connectivity index (χ1) is 9.15. The molecule has 1 aromatic carbocycles. The molecule has 1 rings (SSSR count). The molecule has 0 heterocycles. The highest BCUT2D eigenvalue weighted by molar-refractivity contribution is 5.96. The Labute approximate surface area is 112 Å². The number of carbonyl (C=O) groups excluding carboxylic acids is 2. The lowest BCUT2D eigenvalue weighted by Crippen LogP contribution is -2.31. The van der Waals surface area contributed by atoms with Crippen molar-refractivity contribution in [3.05, 3.63) is 42.5 Å². The molecule has 0 saturated heterocycles. The molecule has 0 radical (unpaired) electrons. The van der Waals surface area contributed by atoms with Crippen molar-refractivity contribution in [2.75, 3.05) is 13.7 Å². The van der Waals surface area contributed by atoms with Crippen molar-refractivity contribution >= 4 is 11.8 Å². The molecule has 0 saturated carbocycles. The average molecular weight is 262 g/mol. The van der Waals surface area contributed by atoms with Gasteiger partial charge in [0.1, 0.15) is 12.2 Å². The van der Waals surface area contributed by atoms with Gasteiger partial charge in [-0.3, -0.25) is 9.59 Å². The van der Waals surface area contributed by atoms with E-state index in [1.165, 1.54) is 0 Å². The predicted octanol–water partition coefficient (Wildman–Crippen LogP) is 1.00. The standard InChI is InChI=1S/C14H18N2O3/c1-3-8-15-13(17)9-14(18)16-10-11-4-6-12(19-2)7-5-11/h3-7H,1,8-10H2,2H3,(H,15,17)(H,16,18). The number of amides is 2. The van der Waals surface area contributed by atoms with Gasteiger partial charge >= 0.3 is 0 Å². The van der Waals surface area contributed by atoms with Crippen LogP contribution in [0, 0.1) is 0 Å². The Morgan fingerprint density at radius 3 is 2.42 bits per heavy atom. The van der Waals surface area contributed by atoms with E-state index in [2.05, 4.69) is 17.2 Å². The Kier molecular flexibility index (Phi) is 6.15. The number of rotatable bonds is 7. The zero-order chi connectivity index (χ0) is 14.1. The van der Waals surface area contributed by atoms with Gasteiger partial charge < -0.3 is 15.4 Å². The molecule has 2 amide bonds. The molecular weight excluding hydrogens is 244 g/mol. The van der Waals surface area contributed by atoms with Crippen LogP contribution in [-0.2, 0) is 16.1 Å². The van der Waals surface area contributed by atoms with E-state index in [1.54, 1.807) is 13.2 Å². The molecule has 0 aliphatic heterocycles. The SMILES string of the molecule is C=CCNC(=O)CC(=O)NCc1ccc(OC)cc1.